The second kappa shape index (κ2) is 4.59. The van der Waals surface area contributed by atoms with E-state index in [2.05, 4.69) is 15.3 Å². The van der Waals surface area contributed by atoms with Crippen LogP contribution in [0.25, 0.3) is 10.4 Å². The Kier molecular flexibility index (Phi) is 3.43. The molecule has 1 N–H and O–H groups in total. The van der Waals surface area contributed by atoms with Gasteiger partial charge in [-0.2, -0.15) is 0 Å². The van der Waals surface area contributed by atoms with E-state index >= 15 is 0 Å². The molecule has 1 heterocycles. The molecule has 78 valence electrons. The Balaban J connectivity index is 3.10. The minimum atomic E-state index is -0.689. The van der Waals surface area contributed by atoms with Crippen molar-refractivity contribution >= 4 is 28.2 Å². The summed E-state index contributed by atoms with van der Waals surface area (Å²) < 4.78 is 0. The largest absolute Gasteiger partial charge is 0.317 e. The number of hydrogen-bond acceptors (Lipinski definition) is 3. The normalized spacial score (nSPS) is 9.20. The first-order valence-electron chi connectivity index (χ1n) is 4.02. The predicted octanol–water partition coefficient (Wildman–Crippen LogP) is 2.47. The van der Waals surface area contributed by atoms with Crippen molar-refractivity contribution in [3.8, 4) is 0 Å². The van der Waals surface area contributed by atoms with Crippen LogP contribution in [0.2, 0.25) is 0 Å². The van der Waals surface area contributed by atoms with Crippen molar-refractivity contribution in [2.45, 2.75) is 13.8 Å². The number of carbonyl (C=O) groups is 2. The van der Waals surface area contributed by atoms with Crippen molar-refractivity contribution in [2.75, 3.05) is 5.32 Å². The molecule has 0 aromatic carbocycles. The summed E-state index contributed by atoms with van der Waals surface area (Å²) in [7, 11) is 0. The van der Waals surface area contributed by atoms with Gasteiger partial charge in [-0.3, -0.25) is 9.59 Å². The molecule has 1 aromatic heterocycles. The maximum Gasteiger partial charge on any atom is 0.252 e. The van der Waals surface area contributed by atoms with E-state index < -0.39 is 5.91 Å². The van der Waals surface area contributed by atoms with Crippen LogP contribution in [-0.2, 0) is 4.79 Å². The lowest BCUT2D eigenvalue weighted by Gasteiger charge is -1.99. The molecule has 2 amide bonds. The van der Waals surface area contributed by atoms with Crippen molar-refractivity contribution in [3.63, 3.8) is 0 Å². The molecule has 15 heavy (non-hydrogen) atoms. The van der Waals surface area contributed by atoms with Gasteiger partial charge in [-0.05, 0) is 23.6 Å². The van der Waals surface area contributed by atoms with E-state index in [-0.39, 0.29) is 11.5 Å². The Morgan fingerprint density at radius 1 is 1.60 bits per heavy atom. The lowest BCUT2D eigenvalue weighted by molar-refractivity contribution is -0.114. The molecule has 0 unspecified atom stereocenters. The van der Waals surface area contributed by atoms with Crippen LogP contribution in [0, 0.1) is 6.92 Å². The maximum absolute atomic E-state index is 11.3. The number of aryl methyl sites for hydroxylation is 1. The Labute approximate surface area is 89.5 Å². The van der Waals surface area contributed by atoms with Gasteiger partial charge in [0.25, 0.3) is 5.91 Å². The molecule has 0 saturated heterocycles. The lowest BCUT2D eigenvalue weighted by atomic mass is 10.3. The number of anilines is 1. The van der Waals surface area contributed by atoms with Crippen LogP contribution in [-0.4, -0.2) is 11.8 Å². The van der Waals surface area contributed by atoms with Crippen molar-refractivity contribution in [3.05, 3.63) is 26.9 Å². The van der Waals surface area contributed by atoms with Crippen molar-refractivity contribution in [2.24, 2.45) is 5.11 Å². The number of azide groups is 1. The van der Waals surface area contributed by atoms with E-state index in [1.165, 1.54) is 18.3 Å². The average Bonchev–Trinajstić information content (AvgIpc) is 2.46. The fourth-order valence-corrected chi connectivity index (χ4v) is 1.97. The second-order valence-corrected chi connectivity index (χ2v) is 4.03. The van der Waals surface area contributed by atoms with E-state index in [0.717, 1.165) is 4.88 Å². The van der Waals surface area contributed by atoms with Crippen LogP contribution in [0.1, 0.15) is 22.2 Å². The summed E-state index contributed by atoms with van der Waals surface area (Å²) in [5.41, 5.74) is 8.36. The molecule has 0 aliphatic heterocycles. The Hall–Kier alpha value is -1.85. The summed E-state index contributed by atoms with van der Waals surface area (Å²) in [5.74, 6) is -0.961. The molecule has 0 bridgehead atoms. The van der Waals surface area contributed by atoms with Gasteiger partial charge < -0.3 is 5.32 Å². The molecule has 7 heteroatoms. The molecular weight excluding hydrogens is 216 g/mol. The topological polar surface area (TPSA) is 94.9 Å². The van der Waals surface area contributed by atoms with Crippen molar-refractivity contribution < 1.29 is 9.59 Å². The number of rotatable bonds is 2. The minimum absolute atomic E-state index is 0.227. The van der Waals surface area contributed by atoms with E-state index in [1.807, 2.05) is 0 Å². The molecule has 1 rings (SSSR count). The van der Waals surface area contributed by atoms with Gasteiger partial charge in [0.15, 0.2) is 0 Å². The first kappa shape index (κ1) is 11.2. The minimum Gasteiger partial charge on any atom is -0.317 e. The van der Waals surface area contributed by atoms with E-state index in [9.17, 15) is 9.59 Å². The molecule has 0 radical (unpaired) electrons. The molecule has 0 spiro atoms. The van der Waals surface area contributed by atoms with Gasteiger partial charge in [0, 0.05) is 16.7 Å². The Morgan fingerprint density at radius 3 is 2.80 bits per heavy atom. The first-order chi connectivity index (χ1) is 7.04. The molecule has 0 aliphatic rings. The zero-order chi connectivity index (χ0) is 11.4. The number of thiophene rings is 1. The van der Waals surface area contributed by atoms with Gasteiger partial charge >= 0.3 is 0 Å². The van der Waals surface area contributed by atoms with E-state index in [0.29, 0.717) is 5.00 Å². The number of nitrogens with one attached hydrogen (secondary N) is 1. The quantitative estimate of drug-likeness (QED) is 0.474. The summed E-state index contributed by atoms with van der Waals surface area (Å²) in [6, 6.07) is 1.58. The number of amides is 2. The summed E-state index contributed by atoms with van der Waals surface area (Å²) >= 11 is 1.26. The maximum atomic E-state index is 11.3. The fourth-order valence-electron chi connectivity index (χ4n) is 1.02. The SMILES string of the molecule is CC(=O)Nc1sc(C)cc1C(=O)N=[N+]=[N-]. The summed E-state index contributed by atoms with van der Waals surface area (Å²) in [4.78, 5) is 25.4. The first-order valence-corrected chi connectivity index (χ1v) is 4.83. The second-order valence-electron chi connectivity index (χ2n) is 2.78. The molecule has 0 saturated carbocycles. The highest BCUT2D eigenvalue weighted by Crippen LogP contribution is 2.28. The van der Waals surface area contributed by atoms with Crippen LogP contribution in [0.15, 0.2) is 11.2 Å². The standard InChI is InChI=1S/C8H8N4O2S/c1-4-3-6(7(14)11-12-9)8(15-4)10-5(2)13/h3H,1-2H3,(H,10,13). The van der Waals surface area contributed by atoms with Gasteiger partial charge in [0.05, 0.1) is 5.56 Å². The molecule has 6 nitrogen and oxygen atoms in total. The smallest absolute Gasteiger partial charge is 0.252 e. The predicted molar refractivity (Wildman–Crippen MR) is 56.8 cm³/mol. The third kappa shape index (κ3) is 2.80. The average molecular weight is 224 g/mol. The van der Waals surface area contributed by atoms with E-state index in [4.69, 9.17) is 5.53 Å². The third-order valence-electron chi connectivity index (χ3n) is 1.51. The lowest BCUT2D eigenvalue weighted by Crippen LogP contribution is -2.07. The monoisotopic (exact) mass is 224 g/mol. The highest BCUT2D eigenvalue weighted by atomic mass is 32.1. The fraction of sp³-hybridized carbons (Fsp3) is 0.250. The number of hydrogen-bond donors (Lipinski definition) is 1. The van der Waals surface area contributed by atoms with Crippen LogP contribution < -0.4 is 5.32 Å². The summed E-state index contributed by atoms with van der Waals surface area (Å²) in [5, 5.41) is 5.90. The van der Waals surface area contributed by atoms with Crippen LogP contribution in [0.4, 0.5) is 5.00 Å². The van der Waals surface area contributed by atoms with Gasteiger partial charge in [0.1, 0.15) is 5.00 Å². The Bertz CT molecular complexity index is 459. The zero-order valence-electron chi connectivity index (χ0n) is 8.14. The molecular formula is C8H8N4O2S. The third-order valence-corrected chi connectivity index (χ3v) is 2.48. The van der Waals surface area contributed by atoms with E-state index in [1.54, 1.807) is 13.0 Å². The van der Waals surface area contributed by atoms with Gasteiger partial charge in [-0.15, -0.1) is 11.3 Å². The Morgan fingerprint density at radius 2 is 2.27 bits per heavy atom. The van der Waals surface area contributed by atoms with Crippen molar-refractivity contribution in [1.29, 1.82) is 0 Å². The molecule has 0 atom stereocenters. The molecule has 0 aliphatic carbocycles. The van der Waals surface area contributed by atoms with Crippen LogP contribution in [0.5, 0.6) is 0 Å². The highest BCUT2D eigenvalue weighted by molar-refractivity contribution is 7.16. The van der Waals surface area contributed by atoms with Crippen molar-refractivity contribution in [1.82, 2.24) is 0 Å². The van der Waals surface area contributed by atoms with Gasteiger partial charge in [0.2, 0.25) is 5.91 Å². The van der Waals surface area contributed by atoms with Crippen LogP contribution >= 0.6 is 11.3 Å². The highest BCUT2D eigenvalue weighted by Gasteiger charge is 2.14. The summed E-state index contributed by atoms with van der Waals surface area (Å²) in [6.45, 7) is 3.14. The van der Waals surface area contributed by atoms with Gasteiger partial charge in [-0.25, -0.2) is 0 Å². The van der Waals surface area contributed by atoms with Gasteiger partial charge in [-0.1, -0.05) is 0 Å². The number of nitrogens with zero attached hydrogens (tertiary/aromatic N) is 3. The van der Waals surface area contributed by atoms with Crippen LogP contribution in [0.3, 0.4) is 0 Å². The number of carbonyl (C=O) groups excluding carboxylic acids is 2. The molecule has 1 aromatic rings. The molecule has 0 fully saturated rings. The summed E-state index contributed by atoms with van der Waals surface area (Å²) in [6.07, 6.45) is 0. The zero-order valence-corrected chi connectivity index (χ0v) is 8.96.